The molecule has 168 valence electrons. The topological polar surface area (TPSA) is 105 Å². The minimum Gasteiger partial charge on any atom is -0.379 e. The number of ether oxygens (including phenoxy) is 1. The zero-order chi connectivity index (χ0) is 21.9. The van der Waals surface area contributed by atoms with Crippen LogP contribution in [0.4, 0.5) is 11.4 Å². The highest BCUT2D eigenvalue weighted by Gasteiger charge is 2.31. The van der Waals surface area contributed by atoms with Gasteiger partial charge in [0, 0.05) is 44.3 Å². The van der Waals surface area contributed by atoms with Gasteiger partial charge in [0.25, 0.3) is 5.69 Å². The van der Waals surface area contributed by atoms with Crippen LogP contribution in [0.1, 0.15) is 33.6 Å². The summed E-state index contributed by atoms with van der Waals surface area (Å²) in [5, 5.41) is 14.8. The lowest BCUT2D eigenvalue weighted by Gasteiger charge is -2.41. The quantitative estimate of drug-likeness (QED) is 0.513. The first-order chi connectivity index (χ1) is 14.1. The highest BCUT2D eigenvalue weighted by Crippen LogP contribution is 2.31. The summed E-state index contributed by atoms with van der Waals surface area (Å²) in [6.45, 7) is 10.6. The number of hydrogen-bond donors (Lipinski definition) is 1. The molecule has 0 saturated carbocycles. The predicted molar refractivity (Wildman–Crippen MR) is 115 cm³/mol. The molecule has 2 aliphatic rings. The van der Waals surface area contributed by atoms with Crippen LogP contribution in [-0.2, 0) is 14.8 Å². The fourth-order valence-electron chi connectivity index (χ4n) is 3.94. The number of hydrogen-bond acceptors (Lipinski definition) is 7. The second-order valence-electron chi connectivity index (χ2n) is 8.79. The Balaban J connectivity index is 1.77. The number of nitro benzene ring substituents is 1. The molecule has 2 fully saturated rings. The number of sulfonamides is 1. The van der Waals surface area contributed by atoms with Gasteiger partial charge in [0.05, 0.1) is 23.0 Å². The SMILES string of the molecule is CC1CCN(S(=O)(=O)c2ccc(NCC(C)(C)N3CCOCC3)c([N+](=O)[O-])c2)CC1. The number of nitro groups is 1. The lowest BCUT2D eigenvalue weighted by Crippen LogP contribution is -2.53. The van der Waals surface area contributed by atoms with E-state index < -0.39 is 14.9 Å². The molecule has 0 aliphatic carbocycles. The zero-order valence-electron chi connectivity index (χ0n) is 18.0. The third-order valence-electron chi connectivity index (χ3n) is 6.12. The molecule has 0 unspecified atom stereocenters. The number of nitrogens with one attached hydrogen (secondary N) is 1. The summed E-state index contributed by atoms with van der Waals surface area (Å²) in [6.07, 6.45) is 1.61. The normalized spacial score (nSPS) is 20.2. The van der Waals surface area contributed by atoms with Crippen molar-refractivity contribution < 1.29 is 18.1 Å². The molecule has 9 nitrogen and oxygen atoms in total. The molecule has 2 saturated heterocycles. The van der Waals surface area contributed by atoms with Gasteiger partial charge < -0.3 is 10.1 Å². The van der Waals surface area contributed by atoms with Crippen molar-refractivity contribution in [2.24, 2.45) is 5.92 Å². The standard InChI is InChI=1S/C20H32N4O5S/c1-16-6-8-23(9-7-16)30(27,28)17-4-5-18(19(14-17)24(25)26)21-15-20(2,3)22-10-12-29-13-11-22/h4-5,14,16,21H,6-13,15H2,1-3H3. The number of benzene rings is 1. The third kappa shape index (κ3) is 5.11. The Hall–Kier alpha value is -1.75. The van der Waals surface area contributed by atoms with E-state index in [9.17, 15) is 18.5 Å². The molecule has 1 N–H and O–H groups in total. The average Bonchev–Trinajstić information content (AvgIpc) is 2.73. The summed E-state index contributed by atoms with van der Waals surface area (Å²) < 4.78 is 32.8. The first-order valence-corrected chi connectivity index (χ1v) is 11.9. The van der Waals surface area contributed by atoms with E-state index in [0.29, 0.717) is 44.5 Å². The Morgan fingerprint density at radius 2 is 1.83 bits per heavy atom. The summed E-state index contributed by atoms with van der Waals surface area (Å²) >= 11 is 0. The van der Waals surface area contributed by atoms with Crippen molar-refractivity contribution >= 4 is 21.4 Å². The number of nitrogens with zero attached hydrogens (tertiary/aromatic N) is 3. The van der Waals surface area contributed by atoms with Gasteiger partial charge in [0.15, 0.2) is 0 Å². The maximum atomic E-state index is 13.0. The first-order valence-electron chi connectivity index (χ1n) is 10.5. The lowest BCUT2D eigenvalue weighted by atomic mass is 10.0. The molecule has 30 heavy (non-hydrogen) atoms. The maximum Gasteiger partial charge on any atom is 0.293 e. The Morgan fingerprint density at radius 1 is 1.20 bits per heavy atom. The average molecular weight is 441 g/mol. The van der Waals surface area contributed by atoms with E-state index in [2.05, 4.69) is 31.0 Å². The minimum absolute atomic E-state index is 0.0262. The third-order valence-corrected chi connectivity index (χ3v) is 8.02. The monoisotopic (exact) mass is 440 g/mol. The lowest BCUT2D eigenvalue weighted by molar-refractivity contribution is -0.384. The van der Waals surface area contributed by atoms with E-state index in [1.165, 1.54) is 22.5 Å². The molecular formula is C20H32N4O5S. The van der Waals surface area contributed by atoms with E-state index in [1.54, 1.807) is 0 Å². The number of piperidine rings is 1. The molecule has 0 radical (unpaired) electrons. The Kier molecular flexibility index (Phi) is 7.01. The smallest absolute Gasteiger partial charge is 0.293 e. The van der Waals surface area contributed by atoms with Crippen molar-refractivity contribution in [3.05, 3.63) is 28.3 Å². The molecule has 0 amide bonds. The van der Waals surface area contributed by atoms with E-state index in [4.69, 9.17) is 4.74 Å². The van der Waals surface area contributed by atoms with E-state index in [-0.39, 0.29) is 16.1 Å². The molecular weight excluding hydrogens is 408 g/mol. The van der Waals surface area contributed by atoms with Gasteiger partial charge in [0.2, 0.25) is 10.0 Å². The number of anilines is 1. The van der Waals surface area contributed by atoms with Crippen molar-refractivity contribution in [2.75, 3.05) is 51.3 Å². The fraction of sp³-hybridized carbons (Fsp3) is 0.700. The summed E-state index contributed by atoms with van der Waals surface area (Å²) in [4.78, 5) is 13.4. The fourth-order valence-corrected chi connectivity index (χ4v) is 5.43. The Labute approximate surface area is 178 Å². The molecule has 2 aliphatic heterocycles. The summed E-state index contributed by atoms with van der Waals surface area (Å²) in [7, 11) is -3.74. The highest BCUT2D eigenvalue weighted by molar-refractivity contribution is 7.89. The van der Waals surface area contributed by atoms with E-state index in [0.717, 1.165) is 25.9 Å². The van der Waals surface area contributed by atoms with Gasteiger partial charge in [-0.05, 0) is 44.7 Å². The van der Waals surface area contributed by atoms with Crippen molar-refractivity contribution in [3.8, 4) is 0 Å². The van der Waals surface area contributed by atoms with Crippen LogP contribution in [0.15, 0.2) is 23.1 Å². The predicted octanol–water partition coefficient (Wildman–Crippen LogP) is 2.54. The van der Waals surface area contributed by atoms with E-state index >= 15 is 0 Å². The van der Waals surface area contributed by atoms with Crippen molar-refractivity contribution in [1.29, 1.82) is 0 Å². The molecule has 1 aromatic rings. The van der Waals surface area contributed by atoms with Crippen LogP contribution in [0, 0.1) is 16.0 Å². The molecule has 1 aromatic carbocycles. The second kappa shape index (κ2) is 9.17. The molecule has 0 spiro atoms. The Bertz CT molecular complexity index is 860. The number of rotatable bonds is 7. The zero-order valence-corrected chi connectivity index (χ0v) is 18.8. The van der Waals surface area contributed by atoms with Crippen LogP contribution in [0.3, 0.4) is 0 Å². The van der Waals surface area contributed by atoms with Crippen molar-refractivity contribution in [3.63, 3.8) is 0 Å². The van der Waals surface area contributed by atoms with Crippen LogP contribution in [0.2, 0.25) is 0 Å². The Morgan fingerprint density at radius 3 is 2.43 bits per heavy atom. The summed E-state index contributed by atoms with van der Waals surface area (Å²) in [5.74, 6) is 0.493. The van der Waals surface area contributed by atoms with Gasteiger partial charge in [-0.2, -0.15) is 4.31 Å². The summed E-state index contributed by atoms with van der Waals surface area (Å²) in [5.41, 5.74) is -0.126. The van der Waals surface area contributed by atoms with Gasteiger partial charge in [-0.1, -0.05) is 6.92 Å². The molecule has 10 heteroatoms. The second-order valence-corrected chi connectivity index (χ2v) is 10.7. The molecule has 0 bridgehead atoms. The maximum absolute atomic E-state index is 13.0. The molecule has 3 rings (SSSR count). The minimum atomic E-state index is -3.74. The van der Waals surface area contributed by atoms with Crippen LogP contribution in [0.5, 0.6) is 0 Å². The van der Waals surface area contributed by atoms with Crippen molar-refractivity contribution in [2.45, 2.75) is 44.0 Å². The molecule has 0 atom stereocenters. The van der Waals surface area contributed by atoms with Crippen LogP contribution in [-0.4, -0.2) is 74.0 Å². The first kappa shape index (κ1) is 22.9. The van der Waals surface area contributed by atoms with Gasteiger partial charge in [-0.15, -0.1) is 0 Å². The van der Waals surface area contributed by atoms with Crippen LogP contribution >= 0.6 is 0 Å². The van der Waals surface area contributed by atoms with Crippen LogP contribution < -0.4 is 5.32 Å². The van der Waals surface area contributed by atoms with Crippen LogP contribution in [0.25, 0.3) is 0 Å². The van der Waals surface area contributed by atoms with Gasteiger partial charge >= 0.3 is 0 Å². The highest BCUT2D eigenvalue weighted by atomic mass is 32.2. The molecule has 2 heterocycles. The van der Waals surface area contributed by atoms with Gasteiger partial charge in [0.1, 0.15) is 5.69 Å². The number of morpholine rings is 1. The largest absolute Gasteiger partial charge is 0.379 e. The van der Waals surface area contributed by atoms with Crippen molar-refractivity contribution in [1.82, 2.24) is 9.21 Å². The van der Waals surface area contributed by atoms with Gasteiger partial charge in [-0.25, -0.2) is 8.42 Å². The molecule has 0 aromatic heterocycles. The van der Waals surface area contributed by atoms with E-state index in [1.807, 2.05) is 0 Å². The van der Waals surface area contributed by atoms with Gasteiger partial charge in [-0.3, -0.25) is 15.0 Å². The summed E-state index contributed by atoms with van der Waals surface area (Å²) in [6, 6.07) is 4.15.